The zero-order valence-electron chi connectivity index (χ0n) is 9.08. The SMILES string of the molecule is CCCNCCNCc1cn(C)cn1. The molecular weight excluding hydrogens is 176 g/mol. The summed E-state index contributed by atoms with van der Waals surface area (Å²) < 4.78 is 1.96. The Kier molecular flexibility index (Phi) is 5.25. The van der Waals surface area contributed by atoms with Crippen molar-refractivity contribution in [3.8, 4) is 0 Å². The molecule has 0 radical (unpaired) electrons. The molecule has 0 aliphatic rings. The third-order valence-electron chi connectivity index (χ3n) is 1.97. The highest BCUT2D eigenvalue weighted by atomic mass is 15.0. The van der Waals surface area contributed by atoms with Gasteiger partial charge in [0.1, 0.15) is 0 Å². The maximum absolute atomic E-state index is 4.23. The minimum Gasteiger partial charge on any atom is -0.340 e. The first kappa shape index (κ1) is 11.2. The Morgan fingerprint density at radius 1 is 1.29 bits per heavy atom. The summed E-state index contributed by atoms with van der Waals surface area (Å²) in [5, 5.41) is 6.67. The van der Waals surface area contributed by atoms with E-state index in [2.05, 4.69) is 22.5 Å². The van der Waals surface area contributed by atoms with Crippen LogP contribution in [0.15, 0.2) is 12.5 Å². The standard InChI is InChI=1S/C10H20N4/c1-3-4-11-5-6-12-7-10-8-14(2)9-13-10/h8-9,11-12H,3-7H2,1-2H3. The maximum atomic E-state index is 4.23. The Morgan fingerprint density at radius 3 is 2.71 bits per heavy atom. The second-order valence-electron chi connectivity index (χ2n) is 3.46. The molecule has 0 fully saturated rings. The number of hydrogen-bond acceptors (Lipinski definition) is 3. The molecule has 80 valence electrons. The molecule has 0 unspecified atom stereocenters. The second kappa shape index (κ2) is 6.56. The van der Waals surface area contributed by atoms with E-state index in [9.17, 15) is 0 Å². The van der Waals surface area contributed by atoms with E-state index in [1.807, 2.05) is 24.1 Å². The second-order valence-corrected chi connectivity index (χ2v) is 3.46. The summed E-state index contributed by atoms with van der Waals surface area (Å²) in [5.41, 5.74) is 1.10. The molecule has 2 N–H and O–H groups in total. The number of aryl methyl sites for hydroxylation is 1. The molecule has 0 aliphatic carbocycles. The Labute approximate surface area is 85.7 Å². The number of imidazole rings is 1. The molecule has 14 heavy (non-hydrogen) atoms. The molecule has 4 heteroatoms. The predicted molar refractivity (Wildman–Crippen MR) is 58.1 cm³/mol. The monoisotopic (exact) mass is 196 g/mol. The largest absolute Gasteiger partial charge is 0.340 e. The van der Waals surface area contributed by atoms with Crippen molar-refractivity contribution >= 4 is 0 Å². The van der Waals surface area contributed by atoms with Crippen LogP contribution in [0.1, 0.15) is 19.0 Å². The van der Waals surface area contributed by atoms with Crippen molar-refractivity contribution in [3.63, 3.8) is 0 Å². The van der Waals surface area contributed by atoms with Gasteiger partial charge in [0, 0.05) is 32.9 Å². The van der Waals surface area contributed by atoms with Crippen molar-refractivity contribution in [1.82, 2.24) is 20.2 Å². The molecule has 1 aromatic heterocycles. The minimum atomic E-state index is 0.856. The van der Waals surface area contributed by atoms with E-state index in [0.29, 0.717) is 0 Å². The molecule has 0 aromatic carbocycles. The molecule has 4 nitrogen and oxygen atoms in total. The molecule has 1 aromatic rings. The highest BCUT2D eigenvalue weighted by Gasteiger charge is 1.94. The van der Waals surface area contributed by atoms with E-state index in [1.165, 1.54) is 6.42 Å². The average Bonchev–Trinajstić information content (AvgIpc) is 2.58. The molecular formula is C10H20N4. The topological polar surface area (TPSA) is 41.9 Å². The molecule has 0 saturated carbocycles. The first-order chi connectivity index (χ1) is 6.83. The van der Waals surface area contributed by atoms with Gasteiger partial charge in [-0.15, -0.1) is 0 Å². The summed E-state index contributed by atoms with van der Waals surface area (Å²) in [6.45, 7) is 6.16. The van der Waals surface area contributed by atoms with Crippen LogP contribution >= 0.6 is 0 Å². The Hall–Kier alpha value is -0.870. The molecule has 0 atom stereocenters. The van der Waals surface area contributed by atoms with E-state index in [0.717, 1.165) is 31.9 Å². The zero-order valence-corrected chi connectivity index (χ0v) is 9.08. The van der Waals surface area contributed by atoms with Crippen LogP contribution < -0.4 is 10.6 Å². The smallest absolute Gasteiger partial charge is 0.0947 e. The van der Waals surface area contributed by atoms with Crippen molar-refractivity contribution in [2.24, 2.45) is 7.05 Å². The van der Waals surface area contributed by atoms with Gasteiger partial charge in [-0.2, -0.15) is 0 Å². The molecule has 0 saturated heterocycles. The predicted octanol–water partition coefficient (Wildman–Crippen LogP) is 0.509. The van der Waals surface area contributed by atoms with Crippen LogP contribution in [0.25, 0.3) is 0 Å². The Balaban J connectivity index is 1.99. The fourth-order valence-electron chi connectivity index (χ4n) is 1.25. The average molecular weight is 196 g/mol. The highest BCUT2D eigenvalue weighted by molar-refractivity contribution is 4.95. The van der Waals surface area contributed by atoms with Crippen molar-refractivity contribution in [2.45, 2.75) is 19.9 Å². The number of nitrogens with zero attached hydrogens (tertiary/aromatic N) is 2. The molecule has 1 rings (SSSR count). The van der Waals surface area contributed by atoms with Gasteiger partial charge >= 0.3 is 0 Å². The summed E-state index contributed by atoms with van der Waals surface area (Å²) >= 11 is 0. The van der Waals surface area contributed by atoms with Crippen molar-refractivity contribution in [2.75, 3.05) is 19.6 Å². The summed E-state index contributed by atoms with van der Waals surface area (Å²) in [6.07, 6.45) is 5.05. The Morgan fingerprint density at radius 2 is 2.07 bits per heavy atom. The van der Waals surface area contributed by atoms with Crippen LogP contribution in [0.2, 0.25) is 0 Å². The molecule has 0 spiro atoms. The van der Waals surface area contributed by atoms with Crippen molar-refractivity contribution < 1.29 is 0 Å². The fourth-order valence-corrected chi connectivity index (χ4v) is 1.25. The van der Waals surface area contributed by atoms with Gasteiger partial charge in [-0.25, -0.2) is 4.98 Å². The number of hydrogen-bond donors (Lipinski definition) is 2. The van der Waals surface area contributed by atoms with Gasteiger partial charge in [-0.3, -0.25) is 0 Å². The van der Waals surface area contributed by atoms with E-state index in [1.54, 1.807) is 0 Å². The van der Waals surface area contributed by atoms with Crippen LogP contribution in [-0.4, -0.2) is 29.2 Å². The minimum absolute atomic E-state index is 0.856. The number of aromatic nitrogens is 2. The lowest BCUT2D eigenvalue weighted by Crippen LogP contribution is -2.27. The van der Waals surface area contributed by atoms with Gasteiger partial charge in [0.25, 0.3) is 0 Å². The van der Waals surface area contributed by atoms with Crippen LogP contribution in [0.5, 0.6) is 0 Å². The zero-order chi connectivity index (χ0) is 10.2. The van der Waals surface area contributed by atoms with Gasteiger partial charge in [0.2, 0.25) is 0 Å². The van der Waals surface area contributed by atoms with E-state index in [4.69, 9.17) is 0 Å². The number of nitrogens with one attached hydrogen (secondary N) is 2. The highest BCUT2D eigenvalue weighted by Crippen LogP contribution is 1.91. The van der Waals surface area contributed by atoms with Crippen LogP contribution in [-0.2, 0) is 13.6 Å². The van der Waals surface area contributed by atoms with E-state index in [-0.39, 0.29) is 0 Å². The molecule has 0 amide bonds. The van der Waals surface area contributed by atoms with Crippen LogP contribution in [0.4, 0.5) is 0 Å². The van der Waals surface area contributed by atoms with E-state index < -0.39 is 0 Å². The van der Waals surface area contributed by atoms with Crippen molar-refractivity contribution in [1.29, 1.82) is 0 Å². The van der Waals surface area contributed by atoms with Gasteiger partial charge in [-0.05, 0) is 13.0 Å². The number of rotatable bonds is 7. The Bertz CT molecular complexity index is 244. The lowest BCUT2D eigenvalue weighted by molar-refractivity contribution is 0.603. The summed E-state index contributed by atoms with van der Waals surface area (Å²) in [6, 6.07) is 0. The normalized spacial score (nSPS) is 10.7. The summed E-state index contributed by atoms with van der Waals surface area (Å²) in [7, 11) is 1.99. The quantitative estimate of drug-likeness (QED) is 0.624. The summed E-state index contributed by atoms with van der Waals surface area (Å²) in [4.78, 5) is 4.23. The van der Waals surface area contributed by atoms with Gasteiger partial charge in [0.05, 0.1) is 12.0 Å². The van der Waals surface area contributed by atoms with Gasteiger partial charge < -0.3 is 15.2 Å². The van der Waals surface area contributed by atoms with Gasteiger partial charge in [-0.1, -0.05) is 6.92 Å². The maximum Gasteiger partial charge on any atom is 0.0947 e. The lowest BCUT2D eigenvalue weighted by Gasteiger charge is -2.03. The third kappa shape index (κ3) is 4.39. The lowest BCUT2D eigenvalue weighted by atomic mass is 10.4. The molecule has 0 bridgehead atoms. The first-order valence-electron chi connectivity index (χ1n) is 5.21. The van der Waals surface area contributed by atoms with Crippen molar-refractivity contribution in [3.05, 3.63) is 18.2 Å². The van der Waals surface area contributed by atoms with E-state index >= 15 is 0 Å². The molecule has 0 aliphatic heterocycles. The summed E-state index contributed by atoms with van der Waals surface area (Å²) in [5.74, 6) is 0. The molecule has 1 heterocycles. The van der Waals surface area contributed by atoms with Crippen LogP contribution in [0, 0.1) is 0 Å². The first-order valence-corrected chi connectivity index (χ1v) is 5.21. The van der Waals surface area contributed by atoms with Crippen LogP contribution in [0.3, 0.4) is 0 Å². The third-order valence-corrected chi connectivity index (χ3v) is 1.97. The fraction of sp³-hybridized carbons (Fsp3) is 0.700. The van der Waals surface area contributed by atoms with Gasteiger partial charge in [0.15, 0.2) is 0 Å².